The van der Waals surface area contributed by atoms with E-state index in [0.29, 0.717) is 25.2 Å². The average molecular weight is 471 g/mol. The van der Waals surface area contributed by atoms with Crippen molar-refractivity contribution in [2.75, 3.05) is 5.32 Å². The zero-order valence-corrected chi connectivity index (χ0v) is 16.8. The molecule has 0 saturated heterocycles. The number of phenolic OH excluding ortho intramolecular Hbond substituents is 1. The summed E-state index contributed by atoms with van der Waals surface area (Å²) in [6.07, 6.45) is 1.67. The van der Waals surface area contributed by atoms with E-state index >= 15 is 0 Å². The van der Waals surface area contributed by atoms with Gasteiger partial charge in [0.25, 0.3) is 5.91 Å². The quantitative estimate of drug-likeness (QED) is 0.516. The van der Waals surface area contributed by atoms with Gasteiger partial charge in [-0.1, -0.05) is 40.6 Å². The summed E-state index contributed by atoms with van der Waals surface area (Å²) >= 11 is 16.4. The van der Waals surface area contributed by atoms with Crippen molar-refractivity contribution in [3.63, 3.8) is 0 Å². The highest BCUT2D eigenvalue weighted by atomic mass is 79.9. The molecular formula is C17H10BrCl2N3O2S. The Morgan fingerprint density at radius 3 is 2.54 bits per heavy atom. The maximum absolute atomic E-state index is 12.2. The second-order valence-corrected chi connectivity index (χ2v) is 7.75. The number of carbonyl (C=O) groups excluding carboxylic acids is 1. The van der Waals surface area contributed by atoms with Gasteiger partial charge in [-0.25, -0.2) is 0 Å². The fraction of sp³-hybridized carbons (Fsp3) is 0. The first-order chi connectivity index (χ1) is 12.4. The molecule has 2 N–H and O–H groups in total. The Morgan fingerprint density at radius 2 is 1.85 bits per heavy atom. The van der Waals surface area contributed by atoms with Crippen molar-refractivity contribution in [3.05, 3.63) is 67.5 Å². The van der Waals surface area contributed by atoms with Gasteiger partial charge in [0, 0.05) is 10.7 Å². The molecule has 1 amide bonds. The van der Waals surface area contributed by atoms with Gasteiger partial charge in [-0.2, -0.15) is 0 Å². The molecule has 2 aromatic carbocycles. The van der Waals surface area contributed by atoms with Crippen molar-refractivity contribution in [3.8, 4) is 5.75 Å². The lowest BCUT2D eigenvalue weighted by Crippen LogP contribution is -2.11. The Labute approximate surface area is 171 Å². The highest BCUT2D eigenvalue weighted by Crippen LogP contribution is 2.29. The third-order valence-electron chi connectivity index (χ3n) is 3.19. The van der Waals surface area contributed by atoms with E-state index in [1.807, 2.05) is 0 Å². The second kappa shape index (κ2) is 8.18. The third kappa shape index (κ3) is 4.62. The number of aromatic hydroxyl groups is 1. The van der Waals surface area contributed by atoms with Gasteiger partial charge < -0.3 is 10.4 Å². The normalized spacial score (nSPS) is 11.4. The second-order valence-electron chi connectivity index (χ2n) is 5.08. The van der Waals surface area contributed by atoms with Crippen molar-refractivity contribution in [2.24, 2.45) is 0 Å². The van der Waals surface area contributed by atoms with E-state index in [1.165, 1.54) is 0 Å². The highest BCUT2D eigenvalue weighted by Gasteiger charge is 2.15. The van der Waals surface area contributed by atoms with E-state index in [4.69, 9.17) is 23.2 Å². The summed E-state index contributed by atoms with van der Waals surface area (Å²) < 4.78 is 0.552. The van der Waals surface area contributed by atoms with Gasteiger partial charge in [-0.3, -0.25) is 4.79 Å². The number of hydrogen-bond acceptors (Lipinski definition) is 5. The fourth-order valence-electron chi connectivity index (χ4n) is 1.95. The molecule has 26 heavy (non-hydrogen) atoms. The SMILES string of the molecule is O=C(Nc1ccc(Cl)cc1)c1nnc(/C(Cl)=C/c2ccc(O)c(Br)c2)s1. The van der Waals surface area contributed by atoms with Gasteiger partial charge in [0.15, 0.2) is 5.01 Å². The number of halogens is 3. The summed E-state index contributed by atoms with van der Waals surface area (Å²) in [5, 5.41) is 21.6. The number of carbonyl (C=O) groups is 1. The summed E-state index contributed by atoms with van der Waals surface area (Å²) in [7, 11) is 0. The Hall–Kier alpha value is -1.93. The Bertz CT molecular complexity index is 990. The first-order valence-corrected chi connectivity index (χ1v) is 9.55. The van der Waals surface area contributed by atoms with Crippen LogP contribution in [0.1, 0.15) is 20.4 Å². The number of anilines is 1. The highest BCUT2D eigenvalue weighted by molar-refractivity contribution is 9.10. The summed E-state index contributed by atoms with van der Waals surface area (Å²) in [4.78, 5) is 12.2. The monoisotopic (exact) mass is 469 g/mol. The Balaban J connectivity index is 1.75. The summed E-state index contributed by atoms with van der Waals surface area (Å²) in [5.41, 5.74) is 1.37. The maximum atomic E-state index is 12.2. The van der Waals surface area contributed by atoms with Crippen LogP contribution in [0.4, 0.5) is 5.69 Å². The van der Waals surface area contributed by atoms with Gasteiger partial charge in [0.1, 0.15) is 5.75 Å². The number of phenols is 1. The van der Waals surface area contributed by atoms with Gasteiger partial charge in [-0.15, -0.1) is 10.2 Å². The molecule has 9 heteroatoms. The number of nitrogens with zero attached hydrogens (tertiary/aromatic N) is 2. The largest absolute Gasteiger partial charge is 0.507 e. The van der Waals surface area contributed by atoms with Crippen molar-refractivity contribution in [2.45, 2.75) is 0 Å². The Morgan fingerprint density at radius 1 is 1.15 bits per heavy atom. The van der Waals surface area contributed by atoms with Gasteiger partial charge in [0.05, 0.1) is 9.51 Å². The number of rotatable bonds is 4. The van der Waals surface area contributed by atoms with Crippen molar-refractivity contribution in [1.29, 1.82) is 0 Å². The van der Waals surface area contributed by atoms with Crippen LogP contribution >= 0.6 is 50.5 Å². The molecule has 0 unspecified atom stereocenters. The standard InChI is InChI=1S/C17H10BrCl2N3O2S/c18-12-7-9(1-6-14(12)24)8-13(20)16-22-23-17(26-16)15(25)21-11-4-2-10(19)3-5-11/h1-8,24H,(H,21,25)/b13-8-. The lowest BCUT2D eigenvalue weighted by atomic mass is 10.2. The molecule has 3 aromatic rings. The zero-order valence-electron chi connectivity index (χ0n) is 12.9. The molecule has 0 fully saturated rings. The minimum atomic E-state index is -0.382. The molecule has 1 heterocycles. The first kappa shape index (κ1) is 18.8. The number of amides is 1. The third-order valence-corrected chi connectivity index (χ3v) is 5.43. The van der Waals surface area contributed by atoms with Crippen molar-refractivity contribution < 1.29 is 9.90 Å². The maximum Gasteiger partial charge on any atom is 0.286 e. The molecule has 3 rings (SSSR count). The first-order valence-electron chi connectivity index (χ1n) is 7.19. The molecule has 0 bridgehead atoms. The van der Waals surface area contributed by atoms with Crippen LogP contribution < -0.4 is 5.32 Å². The fourth-order valence-corrected chi connectivity index (χ4v) is 3.40. The van der Waals surface area contributed by atoms with Crippen LogP contribution in [0, 0.1) is 0 Å². The summed E-state index contributed by atoms with van der Waals surface area (Å²) in [5.74, 6) is -0.247. The topological polar surface area (TPSA) is 75.1 Å². The van der Waals surface area contributed by atoms with Crippen LogP contribution in [-0.4, -0.2) is 21.2 Å². The van der Waals surface area contributed by atoms with Gasteiger partial charge in [-0.05, 0) is 64.0 Å². The summed E-state index contributed by atoms with van der Waals surface area (Å²) in [6, 6.07) is 11.7. The molecule has 132 valence electrons. The molecule has 1 aromatic heterocycles. The van der Waals surface area contributed by atoms with Gasteiger partial charge in [0.2, 0.25) is 5.01 Å². The molecule has 5 nitrogen and oxygen atoms in total. The molecule has 0 aliphatic carbocycles. The predicted molar refractivity (Wildman–Crippen MR) is 109 cm³/mol. The summed E-state index contributed by atoms with van der Waals surface area (Å²) in [6.45, 7) is 0. The number of nitrogens with one attached hydrogen (secondary N) is 1. The van der Waals surface area contributed by atoms with Crippen LogP contribution in [0.2, 0.25) is 5.02 Å². The van der Waals surface area contributed by atoms with Crippen molar-refractivity contribution in [1.82, 2.24) is 10.2 Å². The van der Waals surface area contributed by atoms with E-state index in [9.17, 15) is 9.90 Å². The van der Waals surface area contributed by atoms with E-state index in [2.05, 4.69) is 31.4 Å². The van der Waals surface area contributed by atoms with Crippen LogP contribution in [0.15, 0.2) is 46.9 Å². The lowest BCUT2D eigenvalue weighted by Gasteiger charge is -2.01. The smallest absolute Gasteiger partial charge is 0.286 e. The number of hydrogen-bond donors (Lipinski definition) is 2. The van der Waals surface area contributed by atoms with E-state index < -0.39 is 0 Å². The Kier molecular flexibility index (Phi) is 5.93. The predicted octanol–water partition coefficient (Wildman–Crippen LogP) is 5.65. The molecule has 0 aliphatic rings. The van der Waals surface area contributed by atoms with E-state index in [0.717, 1.165) is 16.9 Å². The minimum absolute atomic E-state index is 0.135. The average Bonchev–Trinajstić information content (AvgIpc) is 3.10. The van der Waals surface area contributed by atoms with Crippen LogP contribution in [0.3, 0.4) is 0 Å². The van der Waals surface area contributed by atoms with E-state index in [-0.39, 0.29) is 16.7 Å². The van der Waals surface area contributed by atoms with Gasteiger partial charge >= 0.3 is 0 Å². The molecule has 0 atom stereocenters. The van der Waals surface area contributed by atoms with E-state index in [1.54, 1.807) is 48.5 Å². The lowest BCUT2D eigenvalue weighted by molar-refractivity contribution is 0.102. The number of aromatic nitrogens is 2. The van der Waals surface area contributed by atoms with Crippen molar-refractivity contribution >= 4 is 73.2 Å². The molecule has 0 radical (unpaired) electrons. The van der Waals surface area contributed by atoms with Crippen LogP contribution in [0.5, 0.6) is 5.75 Å². The molecular weight excluding hydrogens is 461 g/mol. The zero-order chi connectivity index (χ0) is 18.7. The molecule has 0 spiro atoms. The van der Waals surface area contributed by atoms with Crippen LogP contribution in [0.25, 0.3) is 11.1 Å². The molecule has 0 aliphatic heterocycles. The number of benzene rings is 2. The molecule has 0 saturated carbocycles. The van der Waals surface area contributed by atoms with Crippen LogP contribution in [-0.2, 0) is 0 Å². The minimum Gasteiger partial charge on any atom is -0.507 e.